The maximum atomic E-state index is 6.05. The highest BCUT2D eigenvalue weighted by Crippen LogP contribution is 2.44. The Labute approximate surface area is 110 Å². The van der Waals surface area contributed by atoms with Crippen LogP contribution in [-0.2, 0) is 0 Å². The van der Waals surface area contributed by atoms with Crippen molar-refractivity contribution in [3.05, 3.63) is 28.8 Å². The lowest BCUT2D eigenvalue weighted by Crippen LogP contribution is -2.04. The van der Waals surface area contributed by atoms with Gasteiger partial charge in [0.15, 0.2) is 0 Å². The molecule has 0 bridgehead atoms. The number of alkyl halides is 1. The summed E-state index contributed by atoms with van der Waals surface area (Å²) in [5.74, 6) is 1.64. The third-order valence-corrected chi connectivity index (χ3v) is 4.78. The first-order valence-corrected chi connectivity index (χ1v) is 6.99. The summed E-state index contributed by atoms with van der Waals surface area (Å²) in [6.45, 7) is 0. The van der Waals surface area contributed by atoms with E-state index in [1.54, 1.807) is 7.11 Å². The maximum absolute atomic E-state index is 6.05. The molecule has 1 fully saturated rings. The van der Waals surface area contributed by atoms with Gasteiger partial charge < -0.3 is 4.74 Å². The zero-order valence-electron chi connectivity index (χ0n) is 9.38. The van der Waals surface area contributed by atoms with Gasteiger partial charge in [-0.05, 0) is 37.0 Å². The fourth-order valence-electron chi connectivity index (χ4n) is 2.42. The molecule has 0 aromatic heterocycles. The molecule has 88 valence electrons. The summed E-state index contributed by atoms with van der Waals surface area (Å²) >= 11 is 9.85. The minimum Gasteiger partial charge on any atom is -0.496 e. The summed E-state index contributed by atoms with van der Waals surface area (Å²) < 4.78 is 5.39. The monoisotopic (exact) mass is 302 g/mol. The van der Waals surface area contributed by atoms with Gasteiger partial charge in [0.1, 0.15) is 5.75 Å². The molecular formula is C13H16BrClO. The molecule has 0 amide bonds. The summed E-state index contributed by atoms with van der Waals surface area (Å²) in [7, 11) is 1.71. The van der Waals surface area contributed by atoms with Crippen molar-refractivity contribution in [2.24, 2.45) is 5.92 Å². The lowest BCUT2D eigenvalue weighted by Gasteiger charge is -2.20. The van der Waals surface area contributed by atoms with Gasteiger partial charge >= 0.3 is 0 Å². The largest absolute Gasteiger partial charge is 0.496 e. The molecule has 1 unspecified atom stereocenters. The Morgan fingerprint density at radius 1 is 1.38 bits per heavy atom. The molecule has 0 spiro atoms. The van der Waals surface area contributed by atoms with Crippen LogP contribution < -0.4 is 4.74 Å². The van der Waals surface area contributed by atoms with Crippen LogP contribution in [0.3, 0.4) is 0 Å². The highest BCUT2D eigenvalue weighted by Gasteiger charge is 2.26. The van der Waals surface area contributed by atoms with Gasteiger partial charge in [-0.15, -0.1) is 0 Å². The van der Waals surface area contributed by atoms with Gasteiger partial charge in [0, 0.05) is 15.4 Å². The standard InChI is InChI=1S/C13H16BrClO/c1-16-12-7-6-10(15)8-11(12)13(14)9-4-2-3-5-9/h6-9,13H,2-5H2,1H3. The highest BCUT2D eigenvalue weighted by atomic mass is 79.9. The molecule has 16 heavy (non-hydrogen) atoms. The summed E-state index contributed by atoms with van der Waals surface area (Å²) in [6, 6.07) is 5.83. The molecule has 1 aliphatic carbocycles. The van der Waals surface area contributed by atoms with Crippen LogP contribution in [0.1, 0.15) is 36.1 Å². The first kappa shape index (κ1) is 12.3. The van der Waals surface area contributed by atoms with Crippen LogP contribution >= 0.6 is 27.5 Å². The Morgan fingerprint density at radius 2 is 2.06 bits per heavy atom. The molecule has 1 aromatic rings. The third kappa shape index (κ3) is 2.54. The first-order chi connectivity index (χ1) is 7.72. The Bertz CT molecular complexity index is 361. The van der Waals surface area contributed by atoms with Crippen LogP contribution in [0.15, 0.2) is 18.2 Å². The second-order valence-corrected chi connectivity index (χ2v) is 5.76. The number of hydrogen-bond acceptors (Lipinski definition) is 1. The van der Waals surface area contributed by atoms with E-state index in [1.165, 1.54) is 31.2 Å². The molecule has 0 radical (unpaired) electrons. The molecule has 0 heterocycles. The molecule has 3 heteroatoms. The smallest absolute Gasteiger partial charge is 0.123 e. The van der Waals surface area contributed by atoms with Gasteiger partial charge in [-0.25, -0.2) is 0 Å². The molecule has 1 aliphatic rings. The Hall–Kier alpha value is -0.210. The Kier molecular flexibility index (Phi) is 4.15. The van der Waals surface area contributed by atoms with Crippen molar-refractivity contribution in [3.8, 4) is 5.75 Å². The van der Waals surface area contributed by atoms with E-state index in [1.807, 2.05) is 18.2 Å². The summed E-state index contributed by atoms with van der Waals surface area (Å²) in [4.78, 5) is 0.364. The second kappa shape index (κ2) is 5.42. The Balaban J connectivity index is 2.26. The van der Waals surface area contributed by atoms with Crippen molar-refractivity contribution in [3.63, 3.8) is 0 Å². The minimum absolute atomic E-state index is 0.364. The number of ether oxygens (including phenoxy) is 1. The topological polar surface area (TPSA) is 9.23 Å². The highest BCUT2D eigenvalue weighted by molar-refractivity contribution is 9.09. The first-order valence-electron chi connectivity index (χ1n) is 5.70. The number of benzene rings is 1. The summed E-state index contributed by atoms with van der Waals surface area (Å²) in [5, 5.41) is 0.776. The van der Waals surface area contributed by atoms with E-state index in [0.29, 0.717) is 10.7 Å². The van der Waals surface area contributed by atoms with Crippen molar-refractivity contribution < 1.29 is 4.74 Å². The van der Waals surface area contributed by atoms with Gasteiger partial charge in [0.2, 0.25) is 0 Å². The number of rotatable bonds is 3. The van der Waals surface area contributed by atoms with Crippen LogP contribution in [0.2, 0.25) is 5.02 Å². The Morgan fingerprint density at radius 3 is 2.69 bits per heavy atom. The maximum Gasteiger partial charge on any atom is 0.123 e. The summed E-state index contributed by atoms with van der Waals surface area (Å²) in [5.41, 5.74) is 1.18. The average molecular weight is 304 g/mol. The lowest BCUT2D eigenvalue weighted by atomic mass is 9.97. The minimum atomic E-state index is 0.364. The van der Waals surface area contributed by atoms with Crippen LogP contribution in [0, 0.1) is 5.92 Å². The summed E-state index contributed by atoms with van der Waals surface area (Å²) in [6.07, 6.45) is 5.28. The van der Waals surface area contributed by atoms with Crippen molar-refractivity contribution in [1.82, 2.24) is 0 Å². The van der Waals surface area contributed by atoms with E-state index >= 15 is 0 Å². The SMILES string of the molecule is COc1ccc(Cl)cc1C(Br)C1CCCC1. The normalized spacial score (nSPS) is 18.7. The molecular weight excluding hydrogens is 287 g/mol. The van der Waals surface area contributed by atoms with Gasteiger partial charge in [0.05, 0.1) is 7.11 Å². The van der Waals surface area contributed by atoms with E-state index in [2.05, 4.69) is 15.9 Å². The predicted octanol–water partition coefficient (Wildman–Crippen LogP) is 4.97. The molecule has 0 N–H and O–H groups in total. The molecule has 1 saturated carbocycles. The van der Waals surface area contributed by atoms with Gasteiger partial charge in [-0.1, -0.05) is 40.4 Å². The molecule has 0 aliphatic heterocycles. The van der Waals surface area contributed by atoms with Crippen molar-refractivity contribution >= 4 is 27.5 Å². The van der Waals surface area contributed by atoms with Crippen LogP contribution in [0.5, 0.6) is 5.75 Å². The quantitative estimate of drug-likeness (QED) is 0.716. The van der Waals surface area contributed by atoms with E-state index in [0.717, 1.165) is 10.8 Å². The van der Waals surface area contributed by atoms with Crippen molar-refractivity contribution in [2.45, 2.75) is 30.5 Å². The van der Waals surface area contributed by atoms with Gasteiger partial charge in [-0.3, -0.25) is 0 Å². The van der Waals surface area contributed by atoms with Crippen molar-refractivity contribution in [1.29, 1.82) is 0 Å². The molecule has 0 saturated heterocycles. The van der Waals surface area contributed by atoms with Crippen LogP contribution in [0.4, 0.5) is 0 Å². The van der Waals surface area contributed by atoms with E-state index < -0.39 is 0 Å². The van der Waals surface area contributed by atoms with E-state index in [9.17, 15) is 0 Å². The number of hydrogen-bond donors (Lipinski definition) is 0. The van der Waals surface area contributed by atoms with Gasteiger partial charge in [-0.2, -0.15) is 0 Å². The van der Waals surface area contributed by atoms with E-state index in [4.69, 9.17) is 16.3 Å². The average Bonchev–Trinajstić information content (AvgIpc) is 2.81. The zero-order chi connectivity index (χ0) is 11.5. The molecule has 1 atom stereocenters. The van der Waals surface area contributed by atoms with Crippen LogP contribution in [0.25, 0.3) is 0 Å². The lowest BCUT2D eigenvalue weighted by molar-refractivity contribution is 0.404. The second-order valence-electron chi connectivity index (χ2n) is 4.33. The molecule has 1 aromatic carbocycles. The molecule has 1 nitrogen and oxygen atoms in total. The van der Waals surface area contributed by atoms with Gasteiger partial charge in [0.25, 0.3) is 0 Å². The predicted molar refractivity (Wildman–Crippen MR) is 71.6 cm³/mol. The molecule has 2 rings (SSSR count). The van der Waals surface area contributed by atoms with Crippen LogP contribution in [-0.4, -0.2) is 7.11 Å². The number of methoxy groups -OCH3 is 1. The fraction of sp³-hybridized carbons (Fsp3) is 0.538. The van der Waals surface area contributed by atoms with Crippen molar-refractivity contribution in [2.75, 3.05) is 7.11 Å². The third-order valence-electron chi connectivity index (χ3n) is 3.30. The number of halogens is 2. The zero-order valence-corrected chi connectivity index (χ0v) is 11.7. The fourth-order valence-corrected chi connectivity index (χ4v) is 3.49. The van der Waals surface area contributed by atoms with E-state index in [-0.39, 0.29) is 0 Å².